The molecular weight excluding hydrogens is 356 g/mol. The summed E-state index contributed by atoms with van der Waals surface area (Å²) < 4.78 is 27.4. The van der Waals surface area contributed by atoms with Crippen molar-refractivity contribution >= 4 is 27.3 Å². The number of benzene rings is 1. The number of hydrogen-bond donors (Lipinski definition) is 0. The molecular formula is C18H20N2O3S2. The van der Waals surface area contributed by atoms with Crippen LogP contribution < -0.4 is 0 Å². The fourth-order valence-corrected chi connectivity index (χ4v) is 6.46. The zero-order chi connectivity index (χ0) is 17.4. The number of nitrogens with zero attached hydrogens (tertiary/aromatic N) is 2. The van der Waals surface area contributed by atoms with Crippen LogP contribution in [-0.4, -0.2) is 43.2 Å². The molecule has 2 saturated heterocycles. The molecule has 25 heavy (non-hydrogen) atoms. The van der Waals surface area contributed by atoms with Crippen LogP contribution >= 0.6 is 11.3 Å². The molecule has 2 aliphatic rings. The van der Waals surface area contributed by atoms with Crippen LogP contribution in [0, 0.1) is 11.8 Å². The second-order valence-electron chi connectivity index (χ2n) is 6.74. The molecule has 0 saturated carbocycles. The molecule has 5 nitrogen and oxygen atoms in total. The molecule has 2 fully saturated rings. The topological polar surface area (TPSA) is 57.7 Å². The molecule has 132 valence electrons. The lowest BCUT2D eigenvalue weighted by atomic mass is 9.88. The standard InChI is InChI=1S/C18H20N2O3S2/c21-17-9-15-12-20(25(22,23)18-7-4-8-24-18)13-16(15)11-19(17)10-14-5-2-1-3-6-14/h1-8,15-16H,9-13H2/t15-,16+/m0/s1. The Bertz CT molecular complexity index is 850. The Labute approximate surface area is 151 Å². The number of sulfonamides is 1. The third kappa shape index (κ3) is 3.23. The van der Waals surface area contributed by atoms with Gasteiger partial charge in [0, 0.05) is 32.6 Å². The summed E-state index contributed by atoms with van der Waals surface area (Å²) >= 11 is 1.25. The van der Waals surface area contributed by atoms with Crippen molar-refractivity contribution in [3.8, 4) is 0 Å². The third-order valence-corrected chi connectivity index (χ3v) is 8.30. The first kappa shape index (κ1) is 16.8. The first-order valence-corrected chi connectivity index (χ1v) is 10.7. The van der Waals surface area contributed by atoms with E-state index in [-0.39, 0.29) is 17.7 Å². The first-order chi connectivity index (χ1) is 12.0. The average molecular weight is 377 g/mol. The predicted molar refractivity (Wildman–Crippen MR) is 96.5 cm³/mol. The fourth-order valence-electron chi connectivity index (χ4n) is 3.76. The van der Waals surface area contributed by atoms with Crippen molar-refractivity contribution in [3.63, 3.8) is 0 Å². The molecule has 0 N–H and O–H groups in total. The van der Waals surface area contributed by atoms with Gasteiger partial charge in [-0.3, -0.25) is 4.79 Å². The van der Waals surface area contributed by atoms with E-state index in [2.05, 4.69) is 0 Å². The molecule has 4 rings (SSSR count). The van der Waals surface area contributed by atoms with E-state index < -0.39 is 10.0 Å². The molecule has 0 unspecified atom stereocenters. The maximum atomic E-state index is 12.7. The highest BCUT2D eigenvalue weighted by molar-refractivity contribution is 7.91. The number of fused-ring (bicyclic) bond motifs is 1. The Kier molecular flexibility index (Phi) is 4.39. The lowest BCUT2D eigenvalue weighted by molar-refractivity contribution is -0.136. The van der Waals surface area contributed by atoms with Gasteiger partial charge in [-0.1, -0.05) is 36.4 Å². The smallest absolute Gasteiger partial charge is 0.252 e. The molecule has 2 atom stereocenters. The average Bonchev–Trinajstić information content (AvgIpc) is 3.26. The lowest BCUT2D eigenvalue weighted by Crippen LogP contribution is -2.43. The second kappa shape index (κ2) is 6.55. The highest BCUT2D eigenvalue weighted by Gasteiger charge is 2.44. The van der Waals surface area contributed by atoms with Gasteiger partial charge in [-0.15, -0.1) is 11.3 Å². The van der Waals surface area contributed by atoms with Crippen LogP contribution in [0.5, 0.6) is 0 Å². The minimum atomic E-state index is -3.43. The number of rotatable bonds is 4. The van der Waals surface area contributed by atoms with E-state index in [0.29, 0.717) is 36.8 Å². The Balaban J connectivity index is 1.48. The van der Waals surface area contributed by atoms with Crippen molar-refractivity contribution in [1.82, 2.24) is 9.21 Å². The van der Waals surface area contributed by atoms with E-state index in [0.717, 1.165) is 5.56 Å². The molecule has 0 radical (unpaired) electrons. The van der Waals surface area contributed by atoms with Crippen molar-refractivity contribution in [3.05, 3.63) is 53.4 Å². The Morgan fingerprint density at radius 2 is 1.76 bits per heavy atom. The number of carbonyl (C=O) groups is 1. The molecule has 0 aliphatic carbocycles. The van der Waals surface area contributed by atoms with Gasteiger partial charge in [-0.05, 0) is 28.8 Å². The molecule has 2 aliphatic heterocycles. The van der Waals surface area contributed by atoms with Crippen LogP contribution in [-0.2, 0) is 21.4 Å². The summed E-state index contributed by atoms with van der Waals surface area (Å²) in [6, 6.07) is 13.3. The Hall–Kier alpha value is -1.70. The summed E-state index contributed by atoms with van der Waals surface area (Å²) in [4.78, 5) is 14.4. The number of piperidine rings is 1. The molecule has 3 heterocycles. The van der Waals surface area contributed by atoms with E-state index in [1.165, 1.54) is 11.3 Å². The van der Waals surface area contributed by atoms with E-state index in [1.807, 2.05) is 35.2 Å². The maximum Gasteiger partial charge on any atom is 0.252 e. The van der Waals surface area contributed by atoms with Crippen molar-refractivity contribution in [1.29, 1.82) is 0 Å². The third-order valence-electron chi connectivity index (χ3n) is 5.09. The van der Waals surface area contributed by atoms with Crippen LogP contribution in [0.1, 0.15) is 12.0 Å². The van der Waals surface area contributed by atoms with Crippen LogP contribution in [0.3, 0.4) is 0 Å². The van der Waals surface area contributed by atoms with Gasteiger partial charge in [-0.2, -0.15) is 4.31 Å². The molecule has 1 amide bonds. The van der Waals surface area contributed by atoms with Crippen LogP contribution in [0.4, 0.5) is 0 Å². The normalized spacial score (nSPS) is 24.5. The molecule has 0 spiro atoms. The van der Waals surface area contributed by atoms with Gasteiger partial charge in [0.1, 0.15) is 4.21 Å². The van der Waals surface area contributed by atoms with Gasteiger partial charge in [0.2, 0.25) is 5.91 Å². The number of amides is 1. The molecule has 1 aromatic heterocycles. The number of thiophene rings is 1. The van der Waals surface area contributed by atoms with E-state index >= 15 is 0 Å². The highest BCUT2D eigenvalue weighted by Crippen LogP contribution is 2.36. The summed E-state index contributed by atoms with van der Waals surface area (Å²) in [7, 11) is -3.43. The van der Waals surface area contributed by atoms with Crippen LogP contribution in [0.25, 0.3) is 0 Å². The number of hydrogen-bond acceptors (Lipinski definition) is 4. The van der Waals surface area contributed by atoms with Crippen LogP contribution in [0.2, 0.25) is 0 Å². The second-order valence-corrected chi connectivity index (χ2v) is 9.85. The van der Waals surface area contributed by atoms with Crippen molar-refractivity contribution in [2.24, 2.45) is 11.8 Å². The van der Waals surface area contributed by atoms with Crippen LogP contribution in [0.15, 0.2) is 52.1 Å². The number of carbonyl (C=O) groups excluding carboxylic acids is 1. The molecule has 7 heteroatoms. The van der Waals surface area contributed by atoms with Crippen molar-refractivity contribution in [2.75, 3.05) is 19.6 Å². The Morgan fingerprint density at radius 3 is 2.48 bits per heavy atom. The van der Waals surface area contributed by atoms with Gasteiger partial charge >= 0.3 is 0 Å². The zero-order valence-electron chi connectivity index (χ0n) is 13.7. The summed E-state index contributed by atoms with van der Waals surface area (Å²) in [5, 5.41) is 1.78. The minimum absolute atomic E-state index is 0.125. The first-order valence-electron chi connectivity index (χ1n) is 8.39. The summed E-state index contributed by atoms with van der Waals surface area (Å²) in [6.07, 6.45) is 0.438. The van der Waals surface area contributed by atoms with E-state index in [9.17, 15) is 13.2 Å². The predicted octanol–water partition coefficient (Wildman–Crippen LogP) is 2.42. The van der Waals surface area contributed by atoms with E-state index in [1.54, 1.807) is 21.8 Å². The van der Waals surface area contributed by atoms with Gasteiger partial charge in [0.25, 0.3) is 10.0 Å². The van der Waals surface area contributed by atoms with Crippen molar-refractivity contribution in [2.45, 2.75) is 17.2 Å². The molecule has 2 aromatic rings. The minimum Gasteiger partial charge on any atom is -0.338 e. The number of likely N-dealkylation sites (tertiary alicyclic amines) is 1. The van der Waals surface area contributed by atoms with Gasteiger partial charge < -0.3 is 4.90 Å². The molecule has 1 aromatic carbocycles. The summed E-state index contributed by atoms with van der Waals surface area (Å²) in [6.45, 7) is 2.19. The molecule has 0 bridgehead atoms. The largest absolute Gasteiger partial charge is 0.338 e. The monoisotopic (exact) mass is 376 g/mol. The van der Waals surface area contributed by atoms with E-state index in [4.69, 9.17) is 0 Å². The summed E-state index contributed by atoms with van der Waals surface area (Å²) in [5.74, 6) is 0.478. The summed E-state index contributed by atoms with van der Waals surface area (Å²) in [5.41, 5.74) is 1.11. The maximum absolute atomic E-state index is 12.7. The quantitative estimate of drug-likeness (QED) is 0.823. The van der Waals surface area contributed by atoms with Gasteiger partial charge in [0.05, 0.1) is 0 Å². The van der Waals surface area contributed by atoms with Crippen molar-refractivity contribution < 1.29 is 13.2 Å². The van der Waals surface area contributed by atoms with Gasteiger partial charge in [0.15, 0.2) is 0 Å². The highest BCUT2D eigenvalue weighted by atomic mass is 32.2. The lowest BCUT2D eigenvalue weighted by Gasteiger charge is -2.34. The van der Waals surface area contributed by atoms with Gasteiger partial charge in [-0.25, -0.2) is 8.42 Å². The fraction of sp³-hybridized carbons (Fsp3) is 0.389. The SMILES string of the molecule is O=C1C[C@H]2CN(S(=O)(=O)c3cccs3)C[C@H]2CN1Cc1ccccc1. The Morgan fingerprint density at radius 1 is 1.00 bits per heavy atom. The zero-order valence-corrected chi connectivity index (χ0v) is 15.4.